The summed E-state index contributed by atoms with van der Waals surface area (Å²) in [5, 5.41) is 1.80. The van der Waals surface area contributed by atoms with Gasteiger partial charge in [0, 0.05) is 7.05 Å². The standard InChI is InChI=1S/C21H21NO4S/c1-3-14-26-21(23)19-10-6-7-11-20(19)22(2)27(24,25)18-13-12-16-8-4-5-9-17(16)15-18/h4-13,15H,3,14H2,1-2H3. The number of carbonyl (C=O) groups excluding carboxylic acids is 1. The fraction of sp³-hybridized carbons (Fsp3) is 0.190. The lowest BCUT2D eigenvalue weighted by Gasteiger charge is -2.22. The number of rotatable bonds is 6. The second-order valence-corrected chi connectivity index (χ2v) is 8.10. The number of anilines is 1. The number of nitrogens with zero attached hydrogens (tertiary/aromatic N) is 1. The van der Waals surface area contributed by atoms with Gasteiger partial charge in [0.2, 0.25) is 0 Å². The first kappa shape index (κ1) is 18.9. The molecule has 0 aliphatic heterocycles. The molecular weight excluding hydrogens is 362 g/mol. The van der Waals surface area contributed by atoms with Gasteiger partial charge in [0.1, 0.15) is 0 Å². The molecular formula is C21H21NO4S. The second-order valence-electron chi connectivity index (χ2n) is 6.13. The van der Waals surface area contributed by atoms with Crippen molar-refractivity contribution in [2.45, 2.75) is 18.2 Å². The van der Waals surface area contributed by atoms with Crippen LogP contribution in [0.4, 0.5) is 5.69 Å². The molecule has 140 valence electrons. The van der Waals surface area contributed by atoms with Gasteiger partial charge >= 0.3 is 5.97 Å². The molecule has 3 rings (SSSR count). The van der Waals surface area contributed by atoms with Crippen LogP contribution < -0.4 is 4.31 Å². The molecule has 0 fully saturated rings. The van der Waals surface area contributed by atoms with Crippen LogP contribution in [0, 0.1) is 0 Å². The number of sulfonamides is 1. The van der Waals surface area contributed by atoms with E-state index < -0.39 is 16.0 Å². The summed E-state index contributed by atoms with van der Waals surface area (Å²) in [6.07, 6.45) is 0.694. The van der Waals surface area contributed by atoms with Crippen LogP contribution in [0.5, 0.6) is 0 Å². The number of fused-ring (bicyclic) bond motifs is 1. The van der Waals surface area contributed by atoms with E-state index in [-0.39, 0.29) is 22.8 Å². The van der Waals surface area contributed by atoms with Crippen molar-refractivity contribution in [3.05, 3.63) is 72.3 Å². The third kappa shape index (κ3) is 3.80. The van der Waals surface area contributed by atoms with Crippen molar-refractivity contribution in [2.24, 2.45) is 0 Å². The molecule has 0 spiro atoms. The number of para-hydroxylation sites is 1. The highest BCUT2D eigenvalue weighted by Gasteiger charge is 2.25. The van der Waals surface area contributed by atoms with Crippen molar-refractivity contribution in [1.82, 2.24) is 0 Å². The lowest BCUT2D eigenvalue weighted by Crippen LogP contribution is -2.28. The number of hydrogen-bond acceptors (Lipinski definition) is 4. The number of ether oxygens (including phenoxy) is 1. The highest BCUT2D eigenvalue weighted by Crippen LogP contribution is 2.28. The average molecular weight is 383 g/mol. The molecule has 6 heteroatoms. The Morgan fingerprint density at radius 3 is 2.37 bits per heavy atom. The first-order valence-electron chi connectivity index (χ1n) is 8.69. The van der Waals surface area contributed by atoms with Crippen molar-refractivity contribution >= 4 is 32.5 Å². The molecule has 0 heterocycles. The second kappa shape index (κ2) is 7.80. The molecule has 0 atom stereocenters. The smallest absolute Gasteiger partial charge is 0.340 e. The fourth-order valence-electron chi connectivity index (χ4n) is 2.81. The SMILES string of the molecule is CCCOC(=O)c1ccccc1N(C)S(=O)(=O)c1ccc2ccccc2c1. The minimum Gasteiger partial charge on any atom is -0.462 e. The topological polar surface area (TPSA) is 63.7 Å². The van der Waals surface area contributed by atoms with Crippen LogP contribution in [-0.4, -0.2) is 28.0 Å². The third-order valence-corrected chi connectivity index (χ3v) is 6.05. The highest BCUT2D eigenvalue weighted by molar-refractivity contribution is 7.92. The predicted octanol–water partition coefficient (Wildman–Crippen LogP) is 4.23. The Bertz CT molecular complexity index is 1080. The molecule has 3 aromatic rings. The Morgan fingerprint density at radius 1 is 0.963 bits per heavy atom. The minimum absolute atomic E-state index is 0.167. The summed E-state index contributed by atoms with van der Waals surface area (Å²) >= 11 is 0. The quantitative estimate of drug-likeness (QED) is 0.598. The van der Waals surface area contributed by atoms with Gasteiger partial charge < -0.3 is 4.74 Å². The van der Waals surface area contributed by atoms with E-state index in [0.717, 1.165) is 15.1 Å². The maximum absolute atomic E-state index is 13.1. The molecule has 0 saturated carbocycles. The normalized spacial score (nSPS) is 11.3. The molecule has 0 N–H and O–H groups in total. The van der Waals surface area contributed by atoms with Crippen LogP contribution in [-0.2, 0) is 14.8 Å². The Hall–Kier alpha value is -2.86. The first-order valence-corrected chi connectivity index (χ1v) is 10.1. The molecule has 0 amide bonds. The summed E-state index contributed by atoms with van der Waals surface area (Å²) in [7, 11) is -2.39. The van der Waals surface area contributed by atoms with Crippen LogP contribution in [0.2, 0.25) is 0 Å². The molecule has 0 bridgehead atoms. The van der Waals surface area contributed by atoms with Gasteiger partial charge in [-0.3, -0.25) is 4.31 Å². The third-order valence-electron chi connectivity index (χ3n) is 4.28. The van der Waals surface area contributed by atoms with Crippen molar-refractivity contribution in [1.29, 1.82) is 0 Å². The number of benzene rings is 3. The van der Waals surface area contributed by atoms with Crippen molar-refractivity contribution < 1.29 is 17.9 Å². The van der Waals surface area contributed by atoms with Crippen molar-refractivity contribution in [2.75, 3.05) is 18.0 Å². The molecule has 3 aromatic carbocycles. The van der Waals surface area contributed by atoms with Gasteiger partial charge in [0.05, 0.1) is 22.8 Å². The van der Waals surface area contributed by atoms with Gasteiger partial charge in [-0.05, 0) is 41.5 Å². The fourth-order valence-corrected chi connectivity index (χ4v) is 4.06. The van der Waals surface area contributed by atoms with E-state index in [1.54, 1.807) is 42.5 Å². The largest absolute Gasteiger partial charge is 0.462 e. The monoisotopic (exact) mass is 383 g/mol. The summed E-state index contributed by atoms with van der Waals surface area (Å²) in [6, 6.07) is 19.1. The van der Waals surface area contributed by atoms with Gasteiger partial charge in [-0.1, -0.05) is 49.4 Å². The maximum Gasteiger partial charge on any atom is 0.340 e. The first-order chi connectivity index (χ1) is 12.9. The van der Waals surface area contributed by atoms with Crippen molar-refractivity contribution in [3.8, 4) is 0 Å². The summed E-state index contributed by atoms with van der Waals surface area (Å²) in [4.78, 5) is 12.5. The maximum atomic E-state index is 13.1. The lowest BCUT2D eigenvalue weighted by atomic mass is 10.1. The van der Waals surface area contributed by atoms with Crippen LogP contribution >= 0.6 is 0 Å². The highest BCUT2D eigenvalue weighted by atomic mass is 32.2. The average Bonchev–Trinajstić information content (AvgIpc) is 2.71. The molecule has 27 heavy (non-hydrogen) atoms. The molecule has 0 saturated heterocycles. The summed E-state index contributed by atoms with van der Waals surface area (Å²) in [5.74, 6) is -0.534. The summed E-state index contributed by atoms with van der Waals surface area (Å²) in [6.45, 7) is 2.18. The number of hydrogen-bond donors (Lipinski definition) is 0. The van der Waals surface area contributed by atoms with E-state index in [9.17, 15) is 13.2 Å². The van der Waals surface area contributed by atoms with Crippen LogP contribution in [0.3, 0.4) is 0 Å². The zero-order chi connectivity index (χ0) is 19.4. The number of esters is 1. The van der Waals surface area contributed by atoms with Gasteiger partial charge in [-0.15, -0.1) is 0 Å². The zero-order valence-corrected chi connectivity index (χ0v) is 16.1. The Kier molecular flexibility index (Phi) is 5.46. The summed E-state index contributed by atoms with van der Waals surface area (Å²) < 4.78 is 32.6. The molecule has 0 aliphatic rings. The van der Waals surface area contributed by atoms with Gasteiger partial charge in [0.25, 0.3) is 10.0 Å². The predicted molar refractivity (Wildman–Crippen MR) is 107 cm³/mol. The van der Waals surface area contributed by atoms with E-state index in [4.69, 9.17) is 4.74 Å². The molecule has 0 aromatic heterocycles. The Morgan fingerprint density at radius 2 is 1.63 bits per heavy atom. The molecule has 0 radical (unpaired) electrons. The van der Waals surface area contributed by atoms with E-state index in [1.807, 2.05) is 31.2 Å². The molecule has 5 nitrogen and oxygen atoms in total. The number of carbonyl (C=O) groups is 1. The van der Waals surface area contributed by atoms with Gasteiger partial charge in [0.15, 0.2) is 0 Å². The summed E-state index contributed by atoms with van der Waals surface area (Å²) in [5.41, 5.74) is 0.504. The van der Waals surface area contributed by atoms with Crippen molar-refractivity contribution in [3.63, 3.8) is 0 Å². The molecule has 0 unspecified atom stereocenters. The Balaban J connectivity index is 2.01. The van der Waals surface area contributed by atoms with Gasteiger partial charge in [-0.2, -0.15) is 0 Å². The molecule has 0 aliphatic carbocycles. The van der Waals surface area contributed by atoms with Crippen LogP contribution in [0.15, 0.2) is 71.6 Å². The van der Waals surface area contributed by atoms with Crippen LogP contribution in [0.25, 0.3) is 10.8 Å². The van der Waals surface area contributed by atoms with E-state index in [2.05, 4.69) is 0 Å². The van der Waals surface area contributed by atoms with E-state index >= 15 is 0 Å². The van der Waals surface area contributed by atoms with E-state index in [0.29, 0.717) is 6.42 Å². The van der Waals surface area contributed by atoms with Crippen LogP contribution in [0.1, 0.15) is 23.7 Å². The van der Waals surface area contributed by atoms with Gasteiger partial charge in [-0.25, -0.2) is 13.2 Å². The minimum atomic E-state index is -3.83. The van der Waals surface area contributed by atoms with E-state index in [1.165, 1.54) is 7.05 Å². The lowest BCUT2D eigenvalue weighted by molar-refractivity contribution is 0.0506. The Labute approximate surface area is 159 Å². The zero-order valence-electron chi connectivity index (χ0n) is 15.3.